The first-order valence-electron chi connectivity index (χ1n) is 9.29. The van der Waals surface area contributed by atoms with E-state index in [0.717, 1.165) is 19.3 Å². The van der Waals surface area contributed by atoms with Gasteiger partial charge in [0, 0.05) is 13.1 Å². The number of oxazole rings is 1. The minimum absolute atomic E-state index is 0.0205. The zero-order valence-corrected chi connectivity index (χ0v) is 15.6. The van der Waals surface area contributed by atoms with Crippen LogP contribution in [0.5, 0.6) is 5.75 Å². The summed E-state index contributed by atoms with van der Waals surface area (Å²) in [5.41, 5.74) is 2.73. The number of hydrogen-bond acceptors (Lipinski definition) is 4. The van der Waals surface area contributed by atoms with Crippen molar-refractivity contribution in [3.63, 3.8) is 0 Å². The van der Waals surface area contributed by atoms with Crippen molar-refractivity contribution in [2.24, 2.45) is 0 Å². The molecule has 1 atom stereocenters. The zero-order chi connectivity index (χ0) is 19.5. The van der Waals surface area contributed by atoms with E-state index in [2.05, 4.69) is 17.1 Å². The molecule has 0 fully saturated rings. The fraction of sp³-hybridized carbons (Fsp3) is 0.273. The smallest absolute Gasteiger partial charge is 0.276 e. The summed E-state index contributed by atoms with van der Waals surface area (Å²) in [6, 6.07) is 14.1. The lowest BCUT2D eigenvalue weighted by Gasteiger charge is -2.32. The molecule has 0 saturated carbocycles. The molecular weight excluding hydrogens is 359 g/mol. The summed E-state index contributed by atoms with van der Waals surface area (Å²) < 4.78 is 24.0. The number of halogens is 1. The van der Waals surface area contributed by atoms with Crippen LogP contribution < -0.4 is 4.74 Å². The van der Waals surface area contributed by atoms with Crippen molar-refractivity contribution in [2.75, 3.05) is 7.05 Å². The molecular formula is C22H21FN2O3. The number of carbonyl (C=O) groups is 1. The van der Waals surface area contributed by atoms with Crippen LogP contribution in [0.15, 0.2) is 59.2 Å². The van der Waals surface area contributed by atoms with Crippen molar-refractivity contribution in [3.05, 3.63) is 83.3 Å². The first-order chi connectivity index (χ1) is 13.6. The Balaban J connectivity index is 1.44. The van der Waals surface area contributed by atoms with Gasteiger partial charge < -0.3 is 14.1 Å². The zero-order valence-electron chi connectivity index (χ0n) is 15.6. The third-order valence-corrected chi connectivity index (χ3v) is 5.05. The second-order valence-corrected chi connectivity index (χ2v) is 6.90. The molecule has 3 aromatic rings. The summed E-state index contributed by atoms with van der Waals surface area (Å²) in [6.45, 7) is 0.0205. The number of aryl methyl sites for hydroxylation is 1. The number of hydrogen-bond donors (Lipinski definition) is 0. The molecule has 2 aromatic carbocycles. The van der Waals surface area contributed by atoms with Crippen LogP contribution in [0.4, 0.5) is 4.39 Å². The molecule has 1 amide bonds. The van der Waals surface area contributed by atoms with Gasteiger partial charge in [0.1, 0.15) is 17.8 Å². The predicted molar refractivity (Wildman–Crippen MR) is 101 cm³/mol. The molecule has 1 unspecified atom stereocenters. The number of amides is 1. The lowest BCUT2D eigenvalue weighted by atomic mass is 9.87. The molecule has 28 heavy (non-hydrogen) atoms. The van der Waals surface area contributed by atoms with Gasteiger partial charge in [-0.2, -0.15) is 0 Å². The van der Waals surface area contributed by atoms with Crippen LogP contribution in [-0.2, 0) is 13.0 Å². The van der Waals surface area contributed by atoms with E-state index in [4.69, 9.17) is 9.15 Å². The highest BCUT2D eigenvalue weighted by molar-refractivity contribution is 5.92. The minimum atomic E-state index is -0.379. The molecule has 0 aliphatic heterocycles. The summed E-state index contributed by atoms with van der Waals surface area (Å²) >= 11 is 0. The van der Waals surface area contributed by atoms with Gasteiger partial charge in [-0.15, -0.1) is 0 Å². The van der Waals surface area contributed by atoms with Gasteiger partial charge >= 0.3 is 0 Å². The summed E-state index contributed by atoms with van der Waals surface area (Å²) in [7, 11) is 1.80. The van der Waals surface area contributed by atoms with E-state index in [1.54, 1.807) is 24.1 Å². The van der Waals surface area contributed by atoms with Crippen LogP contribution in [-0.4, -0.2) is 22.8 Å². The molecule has 6 heteroatoms. The van der Waals surface area contributed by atoms with Crippen molar-refractivity contribution < 1.29 is 18.3 Å². The van der Waals surface area contributed by atoms with Crippen molar-refractivity contribution in [2.45, 2.75) is 31.9 Å². The van der Waals surface area contributed by atoms with Gasteiger partial charge in [0.2, 0.25) is 5.89 Å². The van der Waals surface area contributed by atoms with Gasteiger partial charge in [-0.05, 0) is 42.5 Å². The Hall–Kier alpha value is -3.15. The Bertz CT molecular complexity index is 985. The average molecular weight is 380 g/mol. The largest absolute Gasteiger partial charge is 0.484 e. The molecule has 0 spiro atoms. The molecule has 1 heterocycles. The van der Waals surface area contributed by atoms with Crippen LogP contribution in [0.2, 0.25) is 0 Å². The summed E-state index contributed by atoms with van der Waals surface area (Å²) in [6.07, 6.45) is 4.36. The number of ether oxygens (including phenoxy) is 1. The number of fused-ring (bicyclic) bond motifs is 1. The lowest BCUT2D eigenvalue weighted by Crippen LogP contribution is -2.33. The highest BCUT2D eigenvalue weighted by Crippen LogP contribution is 2.34. The molecule has 0 N–H and O–H groups in total. The fourth-order valence-corrected chi connectivity index (χ4v) is 3.63. The Morgan fingerprint density at radius 3 is 3.00 bits per heavy atom. The summed E-state index contributed by atoms with van der Waals surface area (Å²) in [5.74, 6) is 0.0738. The number of rotatable bonds is 5. The number of benzene rings is 2. The third kappa shape index (κ3) is 3.76. The van der Waals surface area contributed by atoms with E-state index in [0.29, 0.717) is 5.75 Å². The van der Waals surface area contributed by atoms with Crippen LogP contribution in [0, 0.1) is 5.82 Å². The molecule has 1 aliphatic carbocycles. The summed E-state index contributed by atoms with van der Waals surface area (Å²) in [5, 5.41) is 0. The predicted octanol–water partition coefficient (Wildman–Crippen LogP) is 4.54. The Labute approximate surface area is 162 Å². The number of aromatic nitrogens is 1. The molecule has 4 rings (SSSR count). The van der Waals surface area contributed by atoms with Gasteiger partial charge in [-0.3, -0.25) is 4.79 Å². The van der Waals surface area contributed by atoms with Gasteiger partial charge in [0.15, 0.2) is 12.3 Å². The fourth-order valence-electron chi connectivity index (χ4n) is 3.63. The highest BCUT2D eigenvalue weighted by Gasteiger charge is 2.28. The van der Waals surface area contributed by atoms with Crippen LogP contribution >= 0.6 is 0 Å². The second-order valence-electron chi connectivity index (χ2n) is 6.90. The van der Waals surface area contributed by atoms with Gasteiger partial charge in [-0.1, -0.05) is 30.3 Å². The lowest BCUT2D eigenvalue weighted by molar-refractivity contribution is 0.0709. The molecule has 1 aliphatic rings. The van der Waals surface area contributed by atoms with Crippen LogP contribution in [0.3, 0.4) is 0 Å². The Kier molecular flexibility index (Phi) is 5.10. The molecule has 0 bridgehead atoms. The molecule has 5 nitrogen and oxygen atoms in total. The average Bonchev–Trinajstić information content (AvgIpc) is 3.20. The SMILES string of the molecule is CN(C(=O)c1coc(COc2cccc(F)c2)n1)C1CCCc2ccccc21. The van der Waals surface area contributed by atoms with Crippen LogP contribution in [0.25, 0.3) is 0 Å². The van der Waals surface area contributed by atoms with Crippen LogP contribution in [0.1, 0.15) is 46.4 Å². The Morgan fingerprint density at radius 2 is 2.14 bits per heavy atom. The standard InChI is InChI=1S/C22H21FN2O3/c1-25(20-11-4-7-15-6-2-3-10-18(15)20)22(26)19-13-28-21(24-19)14-27-17-9-5-8-16(23)12-17/h2-3,5-6,8-10,12-13,20H,4,7,11,14H2,1H3. The van der Waals surface area contributed by atoms with Crippen molar-refractivity contribution >= 4 is 5.91 Å². The second kappa shape index (κ2) is 7.84. The number of carbonyl (C=O) groups excluding carboxylic acids is 1. The van der Waals surface area contributed by atoms with Crippen molar-refractivity contribution in [1.29, 1.82) is 0 Å². The van der Waals surface area contributed by atoms with E-state index in [9.17, 15) is 9.18 Å². The molecule has 144 valence electrons. The van der Waals surface area contributed by atoms with Crippen molar-refractivity contribution in [1.82, 2.24) is 9.88 Å². The van der Waals surface area contributed by atoms with E-state index in [1.165, 1.54) is 29.5 Å². The minimum Gasteiger partial charge on any atom is -0.484 e. The maximum absolute atomic E-state index is 13.2. The first kappa shape index (κ1) is 18.2. The summed E-state index contributed by atoms with van der Waals surface area (Å²) in [4.78, 5) is 18.9. The van der Waals surface area contributed by atoms with Gasteiger partial charge in [0.25, 0.3) is 5.91 Å². The first-order valence-corrected chi connectivity index (χ1v) is 9.29. The normalized spacial score (nSPS) is 15.7. The van der Waals surface area contributed by atoms with E-state index < -0.39 is 0 Å². The van der Waals surface area contributed by atoms with Gasteiger partial charge in [-0.25, -0.2) is 9.37 Å². The molecule has 1 aromatic heterocycles. The monoisotopic (exact) mass is 380 g/mol. The molecule has 0 radical (unpaired) electrons. The van der Waals surface area contributed by atoms with Crippen molar-refractivity contribution in [3.8, 4) is 5.75 Å². The van der Waals surface area contributed by atoms with E-state index in [-0.39, 0.29) is 36.0 Å². The maximum atomic E-state index is 13.2. The molecule has 0 saturated heterocycles. The third-order valence-electron chi connectivity index (χ3n) is 5.05. The van der Waals surface area contributed by atoms with Gasteiger partial charge in [0.05, 0.1) is 6.04 Å². The maximum Gasteiger partial charge on any atom is 0.276 e. The van der Waals surface area contributed by atoms with E-state index in [1.807, 2.05) is 12.1 Å². The number of nitrogens with zero attached hydrogens (tertiary/aromatic N) is 2. The Morgan fingerprint density at radius 1 is 1.29 bits per heavy atom. The topological polar surface area (TPSA) is 55.6 Å². The highest BCUT2D eigenvalue weighted by atomic mass is 19.1. The quantitative estimate of drug-likeness (QED) is 0.652. The van der Waals surface area contributed by atoms with E-state index >= 15 is 0 Å².